The van der Waals surface area contributed by atoms with Gasteiger partial charge in [0, 0.05) is 20.7 Å². The smallest absolute Gasteiger partial charge is 0.254 e. The number of hydrogen-bond acceptors (Lipinski definition) is 2. The van der Waals surface area contributed by atoms with Crippen molar-refractivity contribution in [2.75, 3.05) is 18.9 Å². The highest BCUT2D eigenvalue weighted by Crippen LogP contribution is 2.21. The molecular weight excluding hydrogens is 459 g/mol. The van der Waals surface area contributed by atoms with Crippen LogP contribution in [0.25, 0.3) is 0 Å². The Hall–Kier alpha value is -1.41. The lowest BCUT2D eigenvalue weighted by Gasteiger charge is -2.17. The Kier molecular flexibility index (Phi) is 5.96. The van der Waals surface area contributed by atoms with Crippen LogP contribution in [0.1, 0.15) is 10.4 Å². The number of hydrogen-bond donors (Lipinski definition) is 1. The molecule has 6 heteroatoms. The normalized spacial score (nSPS) is 10.1. The van der Waals surface area contributed by atoms with Gasteiger partial charge >= 0.3 is 0 Å². The zero-order valence-electron chi connectivity index (χ0n) is 11.8. The van der Waals surface area contributed by atoms with Crippen LogP contribution in [0.5, 0.6) is 0 Å². The molecule has 0 spiro atoms. The maximum atomic E-state index is 12.2. The van der Waals surface area contributed by atoms with Gasteiger partial charge in [-0.05, 0) is 74.9 Å². The first-order chi connectivity index (χ1) is 10.5. The topological polar surface area (TPSA) is 49.4 Å². The van der Waals surface area contributed by atoms with E-state index in [1.165, 1.54) is 4.90 Å². The second-order valence-electron chi connectivity index (χ2n) is 4.70. The maximum absolute atomic E-state index is 12.2. The Bertz CT molecular complexity index is 689. The van der Waals surface area contributed by atoms with E-state index in [0.29, 0.717) is 11.3 Å². The number of halogens is 2. The summed E-state index contributed by atoms with van der Waals surface area (Å²) in [5.74, 6) is -0.424. The average Bonchev–Trinajstić information content (AvgIpc) is 2.49. The van der Waals surface area contributed by atoms with Gasteiger partial charge in [0.05, 0.1) is 12.2 Å². The summed E-state index contributed by atoms with van der Waals surface area (Å²) in [7, 11) is 1.61. The molecule has 0 aliphatic carbocycles. The summed E-state index contributed by atoms with van der Waals surface area (Å²) in [5, 5.41) is 2.78. The summed E-state index contributed by atoms with van der Waals surface area (Å²) in [4.78, 5) is 25.7. The van der Waals surface area contributed by atoms with Crippen LogP contribution in [0.15, 0.2) is 53.0 Å². The van der Waals surface area contributed by atoms with Gasteiger partial charge in [0.1, 0.15) is 0 Å². The van der Waals surface area contributed by atoms with E-state index in [1.807, 2.05) is 30.3 Å². The molecular formula is C16H14BrIN2O2. The molecule has 4 nitrogen and oxygen atoms in total. The lowest BCUT2D eigenvalue weighted by Crippen LogP contribution is -2.35. The van der Waals surface area contributed by atoms with Crippen LogP contribution in [0.3, 0.4) is 0 Å². The largest absolute Gasteiger partial charge is 0.332 e. The fourth-order valence-corrected chi connectivity index (χ4v) is 2.60. The standard InChI is InChI=1S/C16H14BrIN2O2/c1-20(16(22)11-6-8-12(18)9-7-11)10-15(21)19-14-5-3-2-4-13(14)17/h2-9H,10H2,1H3,(H,19,21). The third-order valence-corrected chi connectivity index (χ3v) is 4.38. The number of likely N-dealkylation sites (N-methyl/N-ethyl adjacent to an activating group) is 1. The van der Waals surface area contributed by atoms with E-state index in [1.54, 1.807) is 25.2 Å². The zero-order valence-corrected chi connectivity index (χ0v) is 15.6. The summed E-state index contributed by atoms with van der Waals surface area (Å²) in [6, 6.07) is 14.6. The van der Waals surface area contributed by atoms with Crippen molar-refractivity contribution >= 4 is 56.0 Å². The van der Waals surface area contributed by atoms with Crippen molar-refractivity contribution in [3.8, 4) is 0 Å². The van der Waals surface area contributed by atoms with Crippen LogP contribution in [0.4, 0.5) is 5.69 Å². The van der Waals surface area contributed by atoms with Crippen LogP contribution < -0.4 is 5.32 Å². The third kappa shape index (κ3) is 4.54. The molecule has 0 aromatic heterocycles. The molecule has 2 amide bonds. The summed E-state index contributed by atoms with van der Waals surface area (Å²) in [6.45, 7) is -0.00778. The first-order valence-corrected chi connectivity index (χ1v) is 8.40. The van der Waals surface area contributed by atoms with Crippen LogP contribution in [-0.4, -0.2) is 30.3 Å². The van der Waals surface area contributed by atoms with E-state index in [2.05, 4.69) is 43.8 Å². The van der Waals surface area contributed by atoms with Gasteiger partial charge in [-0.25, -0.2) is 0 Å². The molecule has 0 saturated carbocycles. The highest BCUT2D eigenvalue weighted by Gasteiger charge is 2.15. The minimum absolute atomic E-state index is 0.00778. The number of benzene rings is 2. The highest BCUT2D eigenvalue weighted by molar-refractivity contribution is 14.1. The van der Waals surface area contributed by atoms with Gasteiger partial charge in [-0.3, -0.25) is 9.59 Å². The summed E-state index contributed by atoms with van der Waals surface area (Å²) < 4.78 is 1.86. The molecule has 0 saturated heterocycles. The summed E-state index contributed by atoms with van der Waals surface area (Å²) in [6.07, 6.45) is 0. The number of nitrogens with one attached hydrogen (secondary N) is 1. The van der Waals surface area contributed by atoms with Crippen molar-refractivity contribution in [3.05, 3.63) is 62.1 Å². The lowest BCUT2D eigenvalue weighted by atomic mass is 10.2. The minimum Gasteiger partial charge on any atom is -0.332 e. The van der Waals surface area contributed by atoms with Gasteiger partial charge in [-0.1, -0.05) is 12.1 Å². The fourth-order valence-electron chi connectivity index (χ4n) is 1.85. The number of carbonyl (C=O) groups excluding carboxylic acids is 2. The molecule has 2 aromatic rings. The molecule has 0 aliphatic heterocycles. The van der Waals surface area contributed by atoms with Gasteiger partial charge in [0.2, 0.25) is 5.91 Å². The first-order valence-electron chi connectivity index (χ1n) is 6.53. The van der Waals surface area contributed by atoms with Crippen molar-refractivity contribution < 1.29 is 9.59 Å². The van der Waals surface area contributed by atoms with Gasteiger partial charge in [0.15, 0.2) is 0 Å². The molecule has 0 atom stereocenters. The highest BCUT2D eigenvalue weighted by atomic mass is 127. The minimum atomic E-state index is -0.242. The molecule has 0 fully saturated rings. The van der Waals surface area contributed by atoms with Crippen molar-refractivity contribution in [1.29, 1.82) is 0 Å². The molecule has 0 bridgehead atoms. The zero-order chi connectivity index (χ0) is 16.1. The number of para-hydroxylation sites is 1. The second-order valence-corrected chi connectivity index (χ2v) is 6.80. The number of rotatable bonds is 4. The predicted octanol–water partition coefficient (Wildman–Crippen LogP) is 3.76. The number of nitrogens with zero attached hydrogens (tertiary/aromatic N) is 1. The van der Waals surface area contributed by atoms with Crippen LogP contribution in [0.2, 0.25) is 0 Å². The molecule has 0 unspecified atom stereocenters. The predicted molar refractivity (Wildman–Crippen MR) is 98.9 cm³/mol. The van der Waals surface area contributed by atoms with Crippen LogP contribution in [0, 0.1) is 3.57 Å². The average molecular weight is 473 g/mol. The van der Waals surface area contributed by atoms with Crippen LogP contribution >= 0.6 is 38.5 Å². The molecule has 2 rings (SSSR count). The maximum Gasteiger partial charge on any atom is 0.254 e. The van der Waals surface area contributed by atoms with E-state index in [9.17, 15) is 9.59 Å². The SMILES string of the molecule is CN(CC(=O)Nc1ccccc1Br)C(=O)c1ccc(I)cc1. The summed E-state index contributed by atoms with van der Waals surface area (Å²) >= 11 is 5.55. The molecule has 114 valence electrons. The fraction of sp³-hybridized carbons (Fsp3) is 0.125. The van der Waals surface area contributed by atoms with Gasteiger partial charge in [-0.15, -0.1) is 0 Å². The molecule has 1 N–H and O–H groups in total. The molecule has 0 radical (unpaired) electrons. The second kappa shape index (κ2) is 7.73. The van der Waals surface area contributed by atoms with E-state index >= 15 is 0 Å². The molecule has 0 heterocycles. The number of carbonyl (C=O) groups is 2. The van der Waals surface area contributed by atoms with Crippen molar-refractivity contribution in [3.63, 3.8) is 0 Å². The van der Waals surface area contributed by atoms with E-state index < -0.39 is 0 Å². The monoisotopic (exact) mass is 472 g/mol. The lowest BCUT2D eigenvalue weighted by molar-refractivity contribution is -0.116. The van der Waals surface area contributed by atoms with E-state index in [0.717, 1.165) is 8.04 Å². The Labute approximate surface area is 151 Å². The Balaban J connectivity index is 1.97. The molecule has 22 heavy (non-hydrogen) atoms. The first kappa shape index (κ1) is 17.0. The number of anilines is 1. The van der Waals surface area contributed by atoms with E-state index in [-0.39, 0.29) is 18.4 Å². The van der Waals surface area contributed by atoms with Gasteiger partial charge in [-0.2, -0.15) is 0 Å². The van der Waals surface area contributed by atoms with Crippen LogP contribution in [-0.2, 0) is 4.79 Å². The molecule has 2 aromatic carbocycles. The molecule has 0 aliphatic rings. The van der Waals surface area contributed by atoms with Crippen molar-refractivity contribution in [2.45, 2.75) is 0 Å². The van der Waals surface area contributed by atoms with Crippen molar-refractivity contribution in [2.24, 2.45) is 0 Å². The summed E-state index contributed by atoms with van der Waals surface area (Å²) in [5.41, 5.74) is 1.25. The van der Waals surface area contributed by atoms with Gasteiger partial charge in [0.25, 0.3) is 5.91 Å². The quantitative estimate of drug-likeness (QED) is 0.688. The Morgan fingerprint density at radius 1 is 1.14 bits per heavy atom. The number of amides is 2. The van der Waals surface area contributed by atoms with Gasteiger partial charge < -0.3 is 10.2 Å². The Morgan fingerprint density at radius 2 is 1.77 bits per heavy atom. The Morgan fingerprint density at radius 3 is 2.41 bits per heavy atom. The van der Waals surface area contributed by atoms with E-state index in [4.69, 9.17) is 0 Å². The third-order valence-electron chi connectivity index (χ3n) is 2.97. The van der Waals surface area contributed by atoms with Crippen molar-refractivity contribution in [1.82, 2.24) is 4.90 Å².